The number of piperidine rings is 1. The molecule has 1 saturated carbocycles. The molecule has 6 rings (SSSR count). The summed E-state index contributed by atoms with van der Waals surface area (Å²) in [5, 5.41) is 16.6. The highest BCUT2D eigenvalue weighted by Gasteiger charge is 2.30. The van der Waals surface area contributed by atoms with Gasteiger partial charge < -0.3 is 25.0 Å². The van der Waals surface area contributed by atoms with Crippen LogP contribution >= 0.6 is 0 Å². The quantitative estimate of drug-likeness (QED) is 0.251. The smallest absolute Gasteiger partial charge is 0.410 e. The number of anilines is 2. The summed E-state index contributed by atoms with van der Waals surface area (Å²) in [6.45, 7) is 8.71. The lowest BCUT2D eigenvalue weighted by molar-refractivity contribution is -0.117. The summed E-state index contributed by atoms with van der Waals surface area (Å²) in [4.78, 5) is 36.1. The van der Waals surface area contributed by atoms with E-state index in [2.05, 4.69) is 25.8 Å². The van der Waals surface area contributed by atoms with Crippen LogP contribution in [0.4, 0.5) is 16.4 Å². The molecule has 0 radical (unpaired) electrons. The second-order valence-corrected chi connectivity index (χ2v) is 12.4. The van der Waals surface area contributed by atoms with Crippen LogP contribution in [0.15, 0.2) is 54.9 Å². The summed E-state index contributed by atoms with van der Waals surface area (Å²) in [5.41, 5.74) is 2.38. The average molecular weight is 596 g/mol. The van der Waals surface area contributed by atoms with E-state index >= 15 is 0 Å². The Morgan fingerprint density at radius 2 is 1.84 bits per heavy atom. The zero-order valence-electron chi connectivity index (χ0n) is 25.5. The number of aromatic nitrogens is 4. The van der Waals surface area contributed by atoms with Crippen molar-refractivity contribution in [1.29, 1.82) is 0 Å². The summed E-state index contributed by atoms with van der Waals surface area (Å²) in [7, 11) is 0. The maximum atomic E-state index is 12.6. The lowest BCUT2D eigenvalue weighted by atomic mass is 10.0. The minimum absolute atomic E-state index is 0.0225. The molecular weight excluding hydrogens is 558 g/mol. The number of aryl methyl sites for hydroxylation is 1. The van der Waals surface area contributed by atoms with Crippen molar-refractivity contribution in [3.63, 3.8) is 0 Å². The van der Waals surface area contributed by atoms with Crippen molar-refractivity contribution in [1.82, 2.24) is 25.1 Å². The van der Waals surface area contributed by atoms with Gasteiger partial charge in [0.2, 0.25) is 17.7 Å². The number of ether oxygens (including phenoxy) is 2. The maximum absolute atomic E-state index is 12.6. The molecule has 1 atom stereocenters. The third kappa shape index (κ3) is 6.72. The van der Waals surface area contributed by atoms with E-state index in [1.807, 2.05) is 58.0 Å². The Bertz CT molecular complexity index is 1700. The van der Waals surface area contributed by atoms with Crippen LogP contribution in [0, 0.1) is 12.8 Å². The second kappa shape index (κ2) is 12.1. The molecule has 11 heteroatoms. The van der Waals surface area contributed by atoms with Gasteiger partial charge in [-0.25, -0.2) is 14.8 Å². The standard InChI is InChI=1S/C33H37N7O4/c1-20-10-13-23-24(8-5-9-26(23)37-29(41)21-11-12-21)28(20)43-30-25(14-17-35-39-30)27-15-16-34-31(38-27)36-22-7-6-18-40(19-22)32(42)44-33(2,3)4/h5,8-10,13-17,21-22H,6-7,11-12,18-19H2,1-4H3,(H,37,41)(H,34,36,38)/t22-/m0/s1. The molecule has 1 saturated heterocycles. The van der Waals surface area contributed by atoms with Crippen molar-refractivity contribution in [3.05, 3.63) is 60.4 Å². The summed E-state index contributed by atoms with van der Waals surface area (Å²) >= 11 is 0. The average Bonchev–Trinajstić information content (AvgIpc) is 3.85. The third-order valence-electron chi connectivity index (χ3n) is 7.64. The number of hydrogen-bond acceptors (Lipinski definition) is 9. The Kier molecular flexibility index (Phi) is 8.03. The van der Waals surface area contributed by atoms with Gasteiger partial charge in [0.25, 0.3) is 0 Å². The largest absolute Gasteiger partial charge is 0.444 e. The van der Waals surface area contributed by atoms with Crippen LogP contribution in [0.3, 0.4) is 0 Å². The molecule has 2 aliphatic rings. The van der Waals surface area contributed by atoms with Gasteiger partial charge in [-0.2, -0.15) is 5.10 Å². The highest BCUT2D eigenvalue weighted by atomic mass is 16.6. The summed E-state index contributed by atoms with van der Waals surface area (Å²) in [5.74, 6) is 1.52. The molecule has 0 unspecified atom stereocenters. The van der Waals surface area contributed by atoms with Crippen LogP contribution in [-0.2, 0) is 9.53 Å². The summed E-state index contributed by atoms with van der Waals surface area (Å²) < 4.78 is 12.0. The van der Waals surface area contributed by atoms with E-state index in [9.17, 15) is 9.59 Å². The van der Waals surface area contributed by atoms with Crippen molar-refractivity contribution in [3.8, 4) is 22.9 Å². The van der Waals surface area contributed by atoms with Gasteiger partial charge in [-0.3, -0.25) is 4.79 Å². The van der Waals surface area contributed by atoms with E-state index in [1.165, 1.54) is 0 Å². The first-order chi connectivity index (χ1) is 21.1. The van der Waals surface area contributed by atoms with Crippen molar-refractivity contribution in [2.24, 2.45) is 5.92 Å². The fourth-order valence-electron chi connectivity index (χ4n) is 5.30. The summed E-state index contributed by atoms with van der Waals surface area (Å²) in [6.07, 6.45) is 6.56. The highest BCUT2D eigenvalue weighted by molar-refractivity contribution is 6.05. The van der Waals surface area contributed by atoms with Gasteiger partial charge in [0, 0.05) is 47.7 Å². The van der Waals surface area contributed by atoms with Gasteiger partial charge in [-0.15, -0.1) is 5.10 Å². The first-order valence-corrected chi connectivity index (χ1v) is 15.1. The molecule has 2 aromatic heterocycles. The van der Waals surface area contributed by atoms with Crippen LogP contribution in [-0.4, -0.2) is 61.8 Å². The van der Waals surface area contributed by atoms with Crippen molar-refractivity contribution < 1.29 is 19.1 Å². The molecule has 2 aromatic carbocycles. The van der Waals surface area contributed by atoms with Gasteiger partial charge in [0.1, 0.15) is 11.4 Å². The zero-order valence-corrected chi connectivity index (χ0v) is 25.5. The van der Waals surface area contributed by atoms with E-state index in [-0.39, 0.29) is 24.0 Å². The van der Waals surface area contributed by atoms with E-state index in [4.69, 9.17) is 14.5 Å². The van der Waals surface area contributed by atoms with Crippen molar-refractivity contribution in [2.75, 3.05) is 23.7 Å². The number of fused-ring (bicyclic) bond motifs is 1. The van der Waals surface area contributed by atoms with Gasteiger partial charge in [-0.1, -0.05) is 24.3 Å². The van der Waals surface area contributed by atoms with Crippen LogP contribution < -0.4 is 15.4 Å². The van der Waals surface area contributed by atoms with Crippen LogP contribution in [0.5, 0.6) is 11.6 Å². The number of carbonyl (C=O) groups is 2. The topological polar surface area (TPSA) is 131 Å². The van der Waals surface area contributed by atoms with Crippen molar-refractivity contribution >= 4 is 34.4 Å². The molecule has 0 spiro atoms. The molecule has 1 aliphatic carbocycles. The van der Waals surface area contributed by atoms with Gasteiger partial charge in [0.05, 0.1) is 17.5 Å². The normalized spacial score (nSPS) is 16.8. The Balaban J connectivity index is 1.23. The second-order valence-electron chi connectivity index (χ2n) is 12.4. The van der Waals surface area contributed by atoms with Gasteiger partial charge in [0.15, 0.2) is 0 Å². The Morgan fingerprint density at radius 3 is 2.64 bits per heavy atom. The predicted octanol–water partition coefficient (Wildman–Crippen LogP) is 6.35. The molecule has 44 heavy (non-hydrogen) atoms. The number of nitrogens with zero attached hydrogens (tertiary/aromatic N) is 5. The van der Waals surface area contributed by atoms with Crippen molar-refractivity contribution in [2.45, 2.75) is 65.0 Å². The van der Waals surface area contributed by atoms with Crippen LogP contribution in [0.2, 0.25) is 0 Å². The molecule has 228 valence electrons. The van der Waals surface area contributed by atoms with Crippen LogP contribution in [0.25, 0.3) is 22.0 Å². The fraction of sp³-hybridized carbons (Fsp3) is 0.394. The van der Waals surface area contributed by atoms with E-state index in [0.717, 1.165) is 47.7 Å². The number of nitrogens with one attached hydrogen (secondary N) is 2. The summed E-state index contributed by atoms with van der Waals surface area (Å²) in [6, 6.07) is 13.3. The highest BCUT2D eigenvalue weighted by Crippen LogP contribution is 2.39. The van der Waals surface area contributed by atoms with Gasteiger partial charge in [-0.05, 0) is 77.1 Å². The number of amides is 2. The lowest BCUT2D eigenvalue weighted by Gasteiger charge is -2.34. The van der Waals surface area contributed by atoms with E-state index in [0.29, 0.717) is 41.9 Å². The first-order valence-electron chi connectivity index (χ1n) is 15.1. The minimum Gasteiger partial charge on any atom is -0.444 e. The lowest BCUT2D eigenvalue weighted by Crippen LogP contribution is -2.47. The van der Waals surface area contributed by atoms with E-state index in [1.54, 1.807) is 29.4 Å². The molecule has 2 fully saturated rings. The molecule has 0 bridgehead atoms. The Labute approximate surface area is 256 Å². The SMILES string of the molecule is Cc1ccc2c(NC(=O)C3CC3)cccc2c1Oc1nnccc1-c1ccnc(N[C@H]2CCCN(C(=O)OC(C)(C)C)C2)n1. The molecule has 2 amide bonds. The van der Waals surface area contributed by atoms with Crippen LogP contribution in [0.1, 0.15) is 52.0 Å². The molecule has 4 aromatic rings. The monoisotopic (exact) mass is 595 g/mol. The predicted molar refractivity (Wildman–Crippen MR) is 168 cm³/mol. The van der Waals surface area contributed by atoms with E-state index < -0.39 is 5.60 Å². The molecule has 2 N–H and O–H groups in total. The molecule has 11 nitrogen and oxygen atoms in total. The molecule has 3 heterocycles. The Morgan fingerprint density at radius 1 is 1.00 bits per heavy atom. The Hall–Kier alpha value is -4.80. The number of carbonyl (C=O) groups excluding carboxylic acids is 2. The molecule has 1 aliphatic heterocycles. The molecular formula is C33H37N7O4. The number of likely N-dealkylation sites (tertiary alicyclic amines) is 1. The minimum atomic E-state index is -0.550. The zero-order chi connectivity index (χ0) is 30.8. The number of benzene rings is 2. The first kappa shape index (κ1) is 29.3. The third-order valence-corrected chi connectivity index (χ3v) is 7.64. The van der Waals surface area contributed by atoms with Gasteiger partial charge >= 0.3 is 6.09 Å². The number of hydrogen-bond donors (Lipinski definition) is 2. The maximum Gasteiger partial charge on any atom is 0.410 e. The number of rotatable bonds is 7. The fourth-order valence-corrected chi connectivity index (χ4v) is 5.30.